The Labute approximate surface area is 188 Å². The number of carbonyl (C=O) groups is 1. The number of hydrogen-bond donors (Lipinski definition) is 4. The van der Waals surface area contributed by atoms with Crippen molar-refractivity contribution in [3.63, 3.8) is 0 Å². The maximum absolute atomic E-state index is 12.2. The maximum atomic E-state index is 12.2. The normalized spacial score (nSPS) is 11.6. The van der Waals surface area contributed by atoms with Crippen LogP contribution in [0.2, 0.25) is 0 Å². The molecule has 0 heterocycles. The summed E-state index contributed by atoms with van der Waals surface area (Å²) in [4.78, 5) is 13.4. The van der Waals surface area contributed by atoms with E-state index >= 15 is 0 Å². The summed E-state index contributed by atoms with van der Waals surface area (Å²) in [7, 11) is 0. The molecule has 0 fully saturated rings. The lowest BCUT2D eigenvalue weighted by Gasteiger charge is -2.13. The van der Waals surface area contributed by atoms with Crippen molar-refractivity contribution >= 4 is 23.4 Å². The van der Waals surface area contributed by atoms with Crippen molar-refractivity contribution in [2.45, 2.75) is 44.9 Å². The number of rotatable bonds is 12. The number of aromatic hydroxyl groups is 1. The van der Waals surface area contributed by atoms with Gasteiger partial charge in [0.15, 0.2) is 11.6 Å². The second-order valence-corrected chi connectivity index (χ2v) is 8.83. The molecule has 0 saturated carbocycles. The van der Waals surface area contributed by atoms with Crippen molar-refractivity contribution in [3.05, 3.63) is 53.1 Å². The van der Waals surface area contributed by atoms with E-state index in [-0.39, 0.29) is 17.5 Å². The third-order valence-corrected chi connectivity index (χ3v) is 5.77. The Bertz CT molecular complexity index is 898. The Kier molecular flexibility index (Phi) is 9.68. The SMILES string of the molecule is Cc1c(OCCCCSc2ccc(/C(N)=N/NN)cc2)ccc(C(=O)CC(C)C)c1O. The highest BCUT2D eigenvalue weighted by Crippen LogP contribution is 2.32. The van der Waals surface area contributed by atoms with Crippen LogP contribution >= 0.6 is 11.8 Å². The Morgan fingerprint density at radius 2 is 1.90 bits per heavy atom. The minimum absolute atomic E-state index is 0.0232. The number of hydrogen-bond acceptors (Lipinski definition) is 7. The summed E-state index contributed by atoms with van der Waals surface area (Å²) in [6, 6.07) is 11.3. The quantitative estimate of drug-likeness (QED) is 0.0743. The fraction of sp³-hybridized carbons (Fsp3) is 0.391. The minimum atomic E-state index is -0.0433. The number of amidine groups is 1. The molecule has 2 aromatic carbocycles. The van der Waals surface area contributed by atoms with Gasteiger partial charge in [-0.25, -0.2) is 11.4 Å². The van der Waals surface area contributed by atoms with Crippen LogP contribution in [0.1, 0.15) is 54.6 Å². The molecule has 0 radical (unpaired) electrons. The summed E-state index contributed by atoms with van der Waals surface area (Å²) in [5.74, 6) is 7.28. The molecular formula is C23H32N4O3S. The smallest absolute Gasteiger partial charge is 0.166 e. The van der Waals surface area contributed by atoms with Crippen LogP contribution in [-0.4, -0.2) is 29.1 Å². The molecule has 0 bridgehead atoms. The molecule has 0 unspecified atom stereocenters. The first kappa shape index (κ1) is 24.6. The third-order valence-electron chi connectivity index (χ3n) is 4.68. The average Bonchev–Trinajstić information content (AvgIpc) is 2.73. The van der Waals surface area contributed by atoms with Gasteiger partial charge in [-0.3, -0.25) is 4.79 Å². The van der Waals surface area contributed by atoms with Crippen molar-refractivity contribution in [2.75, 3.05) is 12.4 Å². The van der Waals surface area contributed by atoms with E-state index < -0.39 is 0 Å². The van der Waals surface area contributed by atoms with Gasteiger partial charge >= 0.3 is 0 Å². The molecule has 0 amide bonds. The van der Waals surface area contributed by atoms with Crippen molar-refractivity contribution in [3.8, 4) is 11.5 Å². The van der Waals surface area contributed by atoms with Crippen LogP contribution in [-0.2, 0) is 0 Å². The van der Waals surface area contributed by atoms with Crippen LogP contribution in [0.25, 0.3) is 0 Å². The van der Waals surface area contributed by atoms with Gasteiger partial charge in [0.25, 0.3) is 0 Å². The number of ketones is 1. The highest BCUT2D eigenvalue weighted by Gasteiger charge is 2.17. The number of nitrogens with one attached hydrogen (secondary N) is 1. The molecule has 0 atom stereocenters. The van der Waals surface area contributed by atoms with Crippen LogP contribution in [0.15, 0.2) is 46.4 Å². The summed E-state index contributed by atoms with van der Waals surface area (Å²) in [5.41, 5.74) is 9.75. The molecule has 2 rings (SSSR count). The zero-order chi connectivity index (χ0) is 22.8. The number of carbonyl (C=O) groups excluding carboxylic acids is 1. The van der Waals surface area contributed by atoms with Gasteiger partial charge in [-0.05, 0) is 55.7 Å². The number of hydrazone groups is 1. The van der Waals surface area contributed by atoms with Crippen LogP contribution in [0.5, 0.6) is 11.5 Å². The number of phenols is 1. The first-order chi connectivity index (χ1) is 14.8. The second-order valence-electron chi connectivity index (χ2n) is 7.66. The molecule has 0 aliphatic rings. The summed E-state index contributed by atoms with van der Waals surface area (Å²) >= 11 is 1.76. The van der Waals surface area contributed by atoms with E-state index in [1.165, 1.54) is 0 Å². The largest absolute Gasteiger partial charge is 0.507 e. The Balaban J connectivity index is 1.76. The molecule has 6 N–H and O–H groups in total. The predicted molar refractivity (Wildman–Crippen MR) is 127 cm³/mol. The number of unbranched alkanes of at least 4 members (excludes halogenated alkanes) is 1. The number of benzene rings is 2. The Morgan fingerprint density at radius 3 is 2.55 bits per heavy atom. The molecule has 0 aromatic heterocycles. The molecule has 7 nitrogen and oxygen atoms in total. The van der Waals surface area contributed by atoms with E-state index in [1.54, 1.807) is 30.8 Å². The van der Waals surface area contributed by atoms with Gasteiger partial charge in [-0.2, -0.15) is 0 Å². The summed E-state index contributed by atoms with van der Waals surface area (Å²) in [6.07, 6.45) is 2.30. The number of ether oxygens (including phenoxy) is 1. The van der Waals surface area contributed by atoms with E-state index in [2.05, 4.69) is 10.6 Å². The number of Topliss-reactive ketones (excluding diaryl/α,β-unsaturated/α-hetero) is 1. The highest BCUT2D eigenvalue weighted by molar-refractivity contribution is 7.99. The minimum Gasteiger partial charge on any atom is -0.507 e. The van der Waals surface area contributed by atoms with E-state index in [4.69, 9.17) is 16.3 Å². The van der Waals surface area contributed by atoms with Crippen LogP contribution in [0.3, 0.4) is 0 Å². The average molecular weight is 445 g/mol. The van der Waals surface area contributed by atoms with Gasteiger partial charge < -0.3 is 15.6 Å². The topological polar surface area (TPSA) is 123 Å². The number of nitrogens with zero attached hydrogens (tertiary/aromatic N) is 1. The van der Waals surface area contributed by atoms with Crippen LogP contribution in [0, 0.1) is 12.8 Å². The van der Waals surface area contributed by atoms with Crippen molar-refractivity contribution in [1.82, 2.24) is 5.53 Å². The molecule has 0 aliphatic heterocycles. The summed E-state index contributed by atoms with van der Waals surface area (Å²) in [5, 5.41) is 14.1. The fourth-order valence-electron chi connectivity index (χ4n) is 2.98. The molecule has 8 heteroatoms. The molecule has 0 spiro atoms. The number of nitrogens with two attached hydrogens (primary N) is 2. The van der Waals surface area contributed by atoms with Gasteiger partial charge in [-0.1, -0.05) is 26.0 Å². The third kappa shape index (κ3) is 7.48. The van der Waals surface area contributed by atoms with E-state index in [1.807, 2.05) is 38.1 Å². The predicted octanol–water partition coefficient (Wildman–Crippen LogP) is 3.96. The molecule has 0 saturated heterocycles. The molecule has 168 valence electrons. The zero-order valence-corrected chi connectivity index (χ0v) is 19.2. The lowest BCUT2D eigenvalue weighted by atomic mass is 9.98. The summed E-state index contributed by atoms with van der Waals surface area (Å²) in [6.45, 7) is 6.30. The standard InChI is InChI=1S/C23H32N4O3S/c1-15(2)14-20(28)19-10-11-21(16(3)22(19)29)30-12-4-5-13-31-18-8-6-17(7-9-18)23(24)26-27-25/h6-11,15,27,29H,4-5,12-14,25H2,1-3H3,(H2,24,26). The molecular weight excluding hydrogens is 412 g/mol. The van der Waals surface area contributed by atoms with Gasteiger partial charge in [0.1, 0.15) is 11.5 Å². The Morgan fingerprint density at radius 1 is 1.19 bits per heavy atom. The molecule has 0 aliphatic carbocycles. The first-order valence-electron chi connectivity index (χ1n) is 10.3. The second kappa shape index (κ2) is 12.2. The summed E-state index contributed by atoms with van der Waals surface area (Å²) < 4.78 is 5.83. The van der Waals surface area contributed by atoms with E-state index in [9.17, 15) is 9.90 Å². The fourth-order valence-corrected chi connectivity index (χ4v) is 3.89. The van der Waals surface area contributed by atoms with Crippen LogP contribution < -0.4 is 21.8 Å². The monoisotopic (exact) mass is 444 g/mol. The highest BCUT2D eigenvalue weighted by atomic mass is 32.2. The number of thioether (sulfide) groups is 1. The van der Waals surface area contributed by atoms with Crippen molar-refractivity contribution in [2.24, 2.45) is 22.6 Å². The van der Waals surface area contributed by atoms with Gasteiger partial charge in [-0.15, -0.1) is 16.9 Å². The zero-order valence-electron chi connectivity index (χ0n) is 18.4. The lowest BCUT2D eigenvalue weighted by molar-refractivity contribution is 0.0965. The maximum Gasteiger partial charge on any atom is 0.166 e. The van der Waals surface area contributed by atoms with E-state index in [0.29, 0.717) is 35.7 Å². The van der Waals surface area contributed by atoms with Crippen molar-refractivity contribution < 1.29 is 14.6 Å². The van der Waals surface area contributed by atoms with Gasteiger partial charge in [0.2, 0.25) is 0 Å². The number of hydrazine groups is 1. The van der Waals surface area contributed by atoms with Gasteiger partial charge in [0, 0.05) is 22.4 Å². The lowest BCUT2D eigenvalue weighted by Crippen LogP contribution is -2.22. The van der Waals surface area contributed by atoms with E-state index in [0.717, 1.165) is 29.1 Å². The Hall–Kier alpha value is -2.71. The molecule has 31 heavy (non-hydrogen) atoms. The van der Waals surface area contributed by atoms with Gasteiger partial charge in [0.05, 0.1) is 12.2 Å². The molecule has 2 aromatic rings. The number of phenolic OH excluding ortho intramolecular Hbond substituents is 1. The van der Waals surface area contributed by atoms with Crippen LogP contribution in [0.4, 0.5) is 0 Å². The first-order valence-corrected chi connectivity index (χ1v) is 11.3. The van der Waals surface area contributed by atoms with Crippen molar-refractivity contribution in [1.29, 1.82) is 0 Å².